The van der Waals surface area contributed by atoms with Crippen LogP contribution in [-0.4, -0.2) is 11.1 Å². The van der Waals surface area contributed by atoms with Gasteiger partial charge in [-0.15, -0.1) is 0 Å². The van der Waals surface area contributed by atoms with Crippen molar-refractivity contribution in [2.24, 2.45) is 0 Å². The van der Waals surface area contributed by atoms with Crippen LogP contribution in [0.15, 0.2) is 151 Å². The fraction of sp³-hybridized carbons (Fsp3) is 0.0698. The van der Waals surface area contributed by atoms with Gasteiger partial charge < -0.3 is 10.0 Å². The molecule has 0 aliphatic heterocycles. The second-order valence-corrected chi connectivity index (χ2v) is 12.3. The molecule has 0 saturated heterocycles. The molecule has 0 spiro atoms. The first-order valence-electron chi connectivity index (χ1n) is 15.6. The summed E-state index contributed by atoms with van der Waals surface area (Å²) in [6.45, 7) is 4.57. The van der Waals surface area contributed by atoms with Crippen molar-refractivity contribution in [3.8, 4) is 39.4 Å². The van der Waals surface area contributed by atoms with Crippen LogP contribution in [0.1, 0.15) is 30.5 Å². The average Bonchev–Trinajstić information content (AvgIpc) is 3.33. The number of fused-ring (bicyclic) bond motifs is 3. The quantitative estimate of drug-likeness (QED) is 0.145. The largest absolute Gasteiger partial charge is 0.477 e. The zero-order valence-corrected chi connectivity index (χ0v) is 26.2. The molecule has 0 aromatic heterocycles. The normalized spacial score (nSPS) is 12.9. The lowest BCUT2D eigenvalue weighted by molar-refractivity contribution is -0.132. The highest BCUT2D eigenvalue weighted by Crippen LogP contribution is 2.50. The summed E-state index contributed by atoms with van der Waals surface area (Å²) in [7, 11) is 0. The van der Waals surface area contributed by atoms with E-state index < -0.39 is 5.97 Å². The molecule has 0 heterocycles. The Labute approximate surface area is 275 Å². The van der Waals surface area contributed by atoms with E-state index in [4.69, 9.17) is 5.26 Å². The monoisotopic (exact) mass is 608 g/mol. The van der Waals surface area contributed by atoms with Crippen LogP contribution in [0.2, 0.25) is 0 Å². The second kappa shape index (κ2) is 12.0. The van der Waals surface area contributed by atoms with Crippen LogP contribution in [0, 0.1) is 11.3 Å². The number of aliphatic carboxylic acids is 1. The van der Waals surface area contributed by atoms with Gasteiger partial charge in [0, 0.05) is 22.5 Å². The maximum absolute atomic E-state index is 11.2. The number of carboxylic acid groups (broad SMARTS) is 1. The Morgan fingerprint density at radius 1 is 0.617 bits per heavy atom. The Bertz CT molecular complexity index is 2140. The molecule has 1 aliphatic rings. The van der Waals surface area contributed by atoms with Crippen molar-refractivity contribution in [2.45, 2.75) is 19.3 Å². The number of hydrogen-bond donors (Lipinski definition) is 1. The Kier molecular flexibility index (Phi) is 7.52. The van der Waals surface area contributed by atoms with Gasteiger partial charge >= 0.3 is 5.97 Å². The fourth-order valence-corrected chi connectivity index (χ4v) is 6.58. The topological polar surface area (TPSA) is 64.3 Å². The third-order valence-corrected chi connectivity index (χ3v) is 9.07. The van der Waals surface area contributed by atoms with Crippen LogP contribution >= 0.6 is 0 Å². The predicted molar refractivity (Wildman–Crippen MR) is 191 cm³/mol. The maximum Gasteiger partial charge on any atom is 0.346 e. The van der Waals surface area contributed by atoms with Crippen molar-refractivity contribution in [1.82, 2.24) is 0 Å². The van der Waals surface area contributed by atoms with Crippen LogP contribution in [0.25, 0.3) is 39.5 Å². The zero-order chi connectivity index (χ0) is 32.5. The Morgan fingerprint density at radius 2 is 1.04 bits per heavy atom. The highest BCUT2D eigenvalue weighted by Gasteiger charge is 2.35. The van der Waals surface area contributed by atoms with Crippen molar-refractivity contribution < 1.29 is 9.90 Å². The number of nitrogens with zero attached hydrogens (tertiary/aromatic N) is 2. The molecule has 0 saturated carbocycles. The SMILES string of the molecule is CC1(C)c2cc(-c3ccc(/C=C(/C#N)C(=O)O)cc3)ccc2-c2ccc(-c3ccc(N(c4ccccc4)c4ccccc4)cc3)cc21. The van der Waals surface area contributed by atoms with E-state index in [9.17, 15) is 9.90 Å². The molecule has 0 bridgehead atoms. The molecule has 0 atom stereocenters. The number of carboxylic acids is 1. The summed E-state index contributed by atoms with van der Waals surface area (Å²) < 4.78 is 0. The minimum Gasteiger partial charge on any atom is -0.477 e. The van der Waals surface area contributed by atoms with Gasteiger partial charge in [-0.1, -0.05) is 111 Å². The third kappa shape index (κ3) is 5.49. The van der Waals surface area contributed by atoms with E-state index >= 15 is 0 Å². The summed E-state index contributed by atoms with van der Waals surface area (Å²) in [5, 5.41) is 18.3. The number of nitriles is 1. The summed E-state index contributed by atoms with van der Waals surface area (Å²) in [6, 6.07) is 52.5. The van der Waals surface area contributed by atoms with E-state index in [1.54, 1.807) is 6.07 Å². The van der Waals surface area contributed by atoms with Crippen LogP contribution in [0.5, 0.6) is 0 Å². The summed E-state index contributed by atoms with van der Waals surface area (Å²) in [6.07, 6.45) is 1.39. The van der Waals surface area contributed by atoms with Gasteiger partial charge in [-0.3, -0.25) is 0 Å². The minimum absolute atomic E-state index is 0.195. The lowest BCUT2D eigenvalue weighted by atomic mass is 9.81. The van der Waals surface area contributed by atoms with Gasteiger partial charge in [-0.05, 0) is 105 Å². The molecule has 47 heavy (non-hydrogen) atoms. The fourth-order valence-electron chi connectivity index (χ4n) is 6.58. The minimum atomic E-state index is -1.23. The molecule has 4 heteroatoms. The van der Waals surface area contributed by atoms with Crippen molar-refractivity contribution in [3.63, 3.8) is 0 Å². The van der Waals surface area contributed by atoms with Gasteiger partial charge in [0.2, 0.25) is 0 Å². The average molecular weight is 609 g/mol. The lowest BCUT2D eigenvalue weighted by Gasteiger charge is -2.25. The van der Waals surface area contributed by atoms with Crippen molar-refractivity contribution >= 4 is 29.1 Å². The van der Waals surface area contributed by atoms with Crippen LogP contribution in [-0.2, 0) is 10.2 Å². The van der Waals surface area contributed by atoms with Crippen LogP contribution in [0.3, 0.4) is 0 Å². The number of carbonyl (C=O) groups is 1. The number of benzene rings is 6. The predicted octanol–water partition coefficient (Wildman–Crippen LogP) is 10.8. The second-order valence-electron chi connectivity index (χ2n) is 12.3. The molecular formula is C43H32N2O2. The lowest BCUT2D eigenvalue weighted by Crippen LogP contribution is -2.15. The summed E-state index contributed by atoms with van der Waals surface area (Å²) in [5.41, 5.74) is 13.1. The molecule has 4 nitrogen and oxygen atoms in total. The van der Waals surface area contributed by atoms with E-state index in [0.717, 1.165) is 28.2 Å². The van der Waals surface area contributed by atoms with E-state index in [0.29, 0.717) is 5.56 Å². The van der Waals surface area contributed by atoms with E-state index in [1.807, 2.05) is 36.4 Å². The third-order valence-electron chi connectivity index (χ3n) is 9.07. The number of rotatable bonds is 7. The Morgan fingerprint density at radius 3 is 1.49 bits per heavy atom. The van der Waals surface area contributed by atoms with Crippen molar-refractivity contribution in [2.75, 3.05) is 4.90 Å². The first-order chi connectivity index (χ1) is 22.8. The standard InChI is InChI=1S/C43H32N2O2/c1-43(2)40-26-32(30-15-13-29(14-16-30)25-34(28-44)42(46)47)19-23-38(40)39-24-20-33(27-41(39)43)31-17-21-37(22-18-31)45(35-9-5-3-6-10-35)36-11-7-4-8-12-36/h3-27H,1-2H3,(H,46,47)/b34-25-. The zero-order valence-electron chi connectivity index (χ0n) is 26.2. The van der Waals surface area contributed by atoms with Gasteiger partial charge in [0.15, 0.2) is 0 Å². The van der Waals surface area contributed by atoms with E-state index in [-0.39, 0.29) is 11.0 Å². The molecule has 7 rings (SSSR count). The van der Waals surface area contributed by atoms with Crippen molar-refractivity contribution in [1.29, 1.82) is 5.26 Å². The Hall–Kier alpha value is -6.18. The molecular weight excluding hydrogens is 576 g/mol. The van der Waals surface area contributed by atoms with Crippen molar-refractivity contribution in [3.05, 3.63) is 168 Å². The molecule has 0 unspecified atom stereocenters. The molecule has 1 aliphatic carbocycles. The summed E-state index contributed by atoms with van der Waals surface area (Å²) >= 11 is 0. The van der Waals surface area contributed by atoms with Gasteiger partial charge in [0.1, 0.15) is 11.6 Å². The summed E-state index contributed by atoms with van der Waals surface area (Å²) in [4.78, 5) is 13.5. The number of anilines is 3. The molecule has 226 valence electrons. The molecule has 0 radical (unpaired) electrons. The molecule has 6 aromatic rings. The van der Waals surface area contributed by atoms with Crippen LogP contribution in [0.4, 0.5) is 17.1 Å². The molecule has 6 aromatic carbocycles. The van der Waals surface area contributed by atoms with Gasteiger partial charge in [-0.25, -0.2) is 4.79 Å². The Balaban J connectivity index is 1.18. The highest BCUT2D eigenvalue weighted by molar-refractivity contribution is 5.96. The van der Waals surface area contributed by atoms with Gasteiger partial charge in [0.25, 0.3) is 0 Å². The number of para-hydroxylation sites is 2. The van der Waals surface area contributed by atoms with Gasteiger partial charge in [-0.2, -0.15) is 5.26 Å². The smallest absolute Gasteiger partial charge is 0.346 e. The molecule has 0 amide bonds. The van der Waals surface area contributed by atoms with E-state index in [1.165, 1.54) is 39.5 Å². The van der Waals surface area contributed by atoms with E-state index in [2.05, 4.69) is 128 Å². The molecule has 0 fully saturated rings. The maximum atomic E-state index is 11.2. The van der Waals surface area contributed by atoms with Crippen LogP contribution < -0.4 is 4.90 Å². The first-order valence-corrected chi connectivity index (χ1v) is 15.6. The first kappa shape index (κ1) is 29.5. The molecule has 1 N–H and O–H groups in total. The number of hydrogen-bond acceptors (Lipinski definition) is 3. The highest BCUT2D eigenvalue weighted by atomic mass is 16.4. The summed E-state index contributed by atoms with van der Waals surface area (Å²) in [5.74, 6) is -1.23. The van der Waals surface area contributed by atoms with Gasteiger partial charge in [0.05, 0.1) is 0 Å².